The summed E-state index contributed by atoms with van der Waals surface area (Å²) in [4.78, 5) is 5.18. The Morgan fingerprint density at radius 1 is 1.19 bits per heavy atom. The second-order valence-corrected chi connectivity index (χ2v) is 5.55. The van der Waals surface area contributed by atoms with E-state index in [-0.39, 0.29) is 0 Å². The van der Waals surface area contributed by atoms with E-state index in [1.807, 2.05) is 24.3 Å². The minimum absolute atomic E-state index is 0.454. The molecule has 21 heavy (non-hydrogen) atoms. The lowest BCUT2D eigenvalue weighted by molar-refractivity contribution is 0.297. The predicted molar refractivity (Wildman–Crippen MR) is 79.5 cm³/mol. The van der Waals surface area contributed by atoms with Crippen LogP contribution in [0.1, 0.15) is 12.0 Å². The summed E-state index contributed by atoms with van der Waals surface area (Å²) in [7, 11) is 0. The number of benzene rings is 1. The lowest BCUT2D eigenvalue weighted by Crippen LogP contribution is -1.97. The molecule has 2 N–H and O–H groups in total. The number of nitrogens with zero attached hydrogens (tertiary/aromatic N) is 2. The molecule has 6 heteroatoms. The molecule has 0 saturated carbocycles. The van der Waals surface area contributed by atoms with Gasteiger partial charge >= 0.3 is 0 Å². The van der Waals surface area contributed by atoms with Crippen LogP contribution >= 0.6 is 11.8 Å². The van der Waals surface area contributed by atoms with Crippen molar-refractivity contribution in [1.29, 1.82) is 5.26 Å². The Bertz CT molecular complexity index is 713. The number of hydrogen-bond acceptors (Lipinski definition) is 6. The van der Waals surface area contributed by atoms with E-state index in [4.69, 9.17) is 20.5 Å². The molecule has 0 bridgehead atoms. The van der Waals surface area contributed by atoms with Crippen LogP contribution in [0.25, 0.3) is 0 Å². The maximum atomic E-state index is 8.82. The number of pyridine rings is 1. The van der Waals surface area contributed by atoms with Crippen LogP contribution in [0.4, 0.5) is 5.69 Å². The number of fused-ring (bicyclic) bond motifs is 1. The summed E-state index contributed by atoms with van der Waals surface area (Å²) in [5.74, 6) is 1.50. The van der Waals surface area contributed by atoms with Gasteiger partial charge in [0.1, 0.15) is 11.1 Å². The lowest BCUT2D eigenvalue weighted by Gasteiger charge is -2.09. The smallest absolute Gasteiger partial charge is 0.162 e. The van der Waals surface area contributed by atoms with Crippen LogP contribution in [-0.4, -0.2) is 18.2 Å². The average Bonchev–Trinajstić information content (AvgIpc) is 2.74. The SMILES string of the molecule is N#Cc1cnc(Sc2ccc3c(c2)OCCCO3)c(N)c1. The van der Waals surface area contributed by atoms with E-state index in [1.54, 1.807) is 6.07 Å². The van der Waals surface area contributed by atoms with E-state index in [2.05, 4.69) is 4.98 Å². The van der Waals surface area contributed by atoms with Gasteiger partial charge in [-0.25, -0.2) is 4.98 Å². The van der Waals surface area contributed by atoms with Gasteiger partial charge in [0.25, 0.3) is 0 Å². The summed E-state index contributed by atoms with van der Waals surface area (Å²) in [6.07, 6.45) is 2.39. The van der Waals surface area contributed by atoms with Gasteiger partial charge in [0, 0.05) is 17.5 Å². The van der Waals surface area contributed by atoms with Crippen molar-refractivity contribution in [1.82, 2.24) is 4.98 Å². The molecule has 2 heterocycles. The summed E-state index contributed by atoms with van der Waals surface area (Å²) in [5.41, 5.74) is 6.86. The number of aromatic nitrogens is 1. The summed E-state index contributed by atoms with van der Waals surface area (Å²) in [6, 6.07) is 9.40. The van der Waals surface area contributed by atoms with Crippen molar-refractivity contribution >= 4 is 17.4 Å². The second-order valence-electron chi connectivity index (χ2n) is 4.49. The Morgan fingerprint density at radius 3 is 2.76 bits per heavy atom. The molecule has 0 unspecified atom stereocenters. The van der Waals surface area contributed by atoms with Crippen molar-refractivity contribution in [2.24, 2.45) is 0 Å². The van der Waals surface area contributed by atoms with Crippen LogP contribution in [0.5, 0.6) is 11.5 Å². The van der Waals surface area contributed by atoms with Gasteiger partial charge in [0.15, 0.2) is 11.5 Å². The fourth-order valence-corrected chi connectivity index (χ4v) is 2.74. The highest BCUT2D eigenvalue weighted by Gasteiger charge is 2.12. The van der Waals surface area contributed by atoms with E-state index >= 15 is 0 Å². The Labute approximate surface area is 126 Å². The molecular weight excluding hydrogens is 286 g/mol. The van der Waals surface area contributed by atoms with Gasteiger partial charge in [-0.2, -0.15) is 5.26 Å². The van der Waals surface area contributed by atoms with E-state index < -0.39 is 0 Å². The molecule has 0 saturated heterocycles. The Kier molecular flexibility index (Phi) is 3.84. The highest BCUT2D eigenvalue weighted by atomic mass is 32.2. The average molecular weight is 299 g/mol. The second kappa shape index (κ2) is 5.94. The molecule has 0 radical (unpaired) electrons. The third-order valence-corrected chi connectivity index (χ3v) is 3.97. The van der Waals surface area contributed by atoms with Crippen molar-refractivity contribution in [2.45, 2.75) is 16.3 Å². The lowest BCUT2D eigenvalue weighted by atomic mass is 10.3. The summed E-state index contributed by atoms with van der Waals surface area (Å²) >= 11 is 1.43. The fraction of sp³-hybridized carbons (Fsp3) is 0.200. The van der Waals surface area contributed by atoms with Crippen LogP contribution in [0, 0.1) is 11.3 Å². The maximum Gasteiger partial charge on any atom is 0.162 e. The number of nitrogens with two attached hydrogens (primary N) is 1. The monoisotopic (exact) mass is 299 g/mol. The van der Waals surface area contributed by atoms with Gasteiger partial charge in [0.2, 0.25) is 0 Å². The number of ether oxygens (including phenoxy) is 2. The van der Waals surface area contributed by atoms with Gasteiger partial charge < -0.3 is 15.2 Å². The highest BCUT2D eigenvalue weighted by molar-refractivity contribution is 7.99. The quantitative estimate of drug-likeness (QED) is 0.918. The molecule has 0 aliphatic carbocycles. The standard InChI is InChI=1S/C15H13N3O2S/c16-8-10-6-12(17)15(18-9-10)21-11-2-3-13-14(7-11)20-5-1-4-19-13/h2-3,6-7,9H,1,4-5,17H2. The molecular formula is C15H13N3O2S. The van der Waals surface area contributed by atoms with Crippen molar-refractivity contribution in [2.75, 3.05) is 18.9 Å². The minimum Gasteiger partial charge on any atom is -0.490 e. The van der Waals surface area contributed by atoms with Gasteiger partial charge in [-0.15, -0.1) is 0 Å². The molecule has 1 aliphatic heterocycles. The summed E-state index contributed by atoms with van der Waals surface area (Å²) in [5, 5.41) is 9.49. The van der Waals surface area contributed by atoms with Crippen molar-refractivity contribution in [3.8, 4) is 17.6 Å². The van der Waals surface area contributed by atoms with Crippen LogP contribution in [-0.2, 0) is 0 Å². The Balaban J connectivity index is 1.85. The molecule has 2 aromatic rings. The first-order valence-electron chi connectivity index (χ1n) is 6.49. The van der Waals surface area contributed by atoms with Crippen molar-refractivity contribution in [3.63, 3.8) is 0 Å². The molecule has 0 atom stereocenters. The predicted octanol–water partition coefficient (Wildman–Crippen LogP) is 2.85. The molecule has 5 nitrogen and oxygen atoms in total. The first-order valence-corrected chi connectivity index (χ1v) is 7.31. The van der Waals surface area contributed by atoms with Crippen LogP contribution in [0.15, 0.2) is 40.4 Å². The van der Waals surface area contributed by atoms with Crippen molar-refractivity contribution < 1.29 is 9.47 Å². The van der Waals surface area contributed by atoms with Gasteiger partial charge in [-0.1, -0.05) is 11.8 Å². The summed E-state index contributed by atoms with van der Waals surface area (Å²) in [6.45, 7) is 1.32. The van der Waals surface area contributed by atoms with Crippen LogP contribution < -0.4 is 15.2 Å². The highest BCUT2D eigenvalue weighted by Crippen LogP contribution is 2.37. The molecule has 0 spiro atoms. The number of anilines is 1. The third kappa shape index (κ3) is 3.03. The molecule has 1 aromatic heterocycles. The first-order chi connectivity index (χ1) is 10.3. The van der Waals surface area contributed by atoms with Gasteiger partial charge in [-0.05, 0) is 24.3 Å². The zero-order valence-electron chi connectivity index (χ0n) is 11.2. The zero-order valence-corrected chi connectivity index (χ0v) is 12.0. The Morgan fingerprint density at radius 2 is 2.00 bits per heavy atom. The number of rotatable bonds is 2. The number of hydrogen-bond donors (Lipinski definition) is 1. The van der Waals surface area contributed by atoms with E-state index in [1.165, 1.54) is 18.0 Å². The molecule has 0 fully saturated rings. The number of nitriles is 1. The number of nitrogen functional groups attached to an aromatic ring is 1. The normalized spacial score (nSPS) is 13.3. The fourth-order valence-electron chi connectivity index (χ4n) is 1.93. The first kappa shape index (κ1) is 13.6. The maximum absolute atomic E-state index is 8.82. The third-order valence-electron chi connectivity index (χ3n) is 2.94. The van der Waals surface area contributed by atoms with E-state index in [9.17, 15) is 0 Å². The van der Waals surface area contributed by atoms with Crippen LogP contribution in [0.2, 0.25) is 0 Å². The Hall–Kier alpha value is -2.39. The van der Waals surface area contributed by atoms with Crippen molar-refractivity contribution in [3.05, 3.63) is 36.0 Å². The van der Waals surface area contributed by atoms with E-state index in [0.29, 0.717) is 29.5 Å². The van der Waals surface area contributed by atoms with Gasteiger partial charge in [0.05, 0.1) is 24.5 Å². The largest absolute Gasteiger partial charge is 0.490 e. The van der Waals surface area contributed by atoms with Gasteiger partial charge in [-0.3, -0.25) is 0 Å². The van der Waals surface area contributed by atoms with Crippen LogP contribution in [0.3, 0.4) is 0 Å². The molecule has 0 amide bonds. The zero-order chi connectivity index (χ0) is 14.7. The topological polar surface area (TPSA) is 81.2 Å². The van der Waals surface area contributed by atoms with E-state index in [0.717, 1.165) is 22.8 Å². The molecule has 3 rings (SSSR count). The summed E-state index contributed by atoms with van der Waals surface area (Å²) < 4.78 is 11.3. The molecule has 1 aliphatic rings. The molecule has 1 aromatic carbocycles. The minimum atomic E-state index is 0.454. The molecule has 106 valence electrons.